The zero-order valence-corrected chi connectivity index (χ0v) is 14.1. The van der Waals surface area contributed by atoms with E-state index in [0.29, 0.717) is 12.2 Å². The minimum Gasteiger partial charge on any atom is -0.299 e. The van der Waals surface area contributed by atoms with Crippen molar-refractivity contribution in [3.05, 3.63) is 11.6 Å². The first-order valence-corrected chi connectivity index (χ1v) is 8.37. The highest BCUT2D eigenvalue weighted by Crippen LogP contribution is 2.52. The van der Waals surface area contributed by atoms with E-state index in [1.165, 1.54) is 17.3 Å². The smallest absolute Gasteiger partial charge is 0.193 e. The Labute approximate surface area is 126 Å². The van der Waals surface area contributed by atoms with Crippen LogP contribution < -0.4 is 0 Å². The van der Waals surface area contributed by atoms with Gasteiger partial charge in [0, 0.05) is 22.5 Å². The van der Waals surface area contributed by atoms with Crippen LogP contribution in [0.1, 0.15) is 60.3 Å². The van der Waals surface area contributed by atoms with Crippen LogP contribution in [-0.4, -0.2) is 15.6 Å². The van der Waals surface area contributed by atoms with Crippen LogP contribution in [0.3, 0.4) is 0 Å². The van der Waals surface area contributed by atoms with Crippen LogP contribution in [-0.2, 0) is 9.59 Å². The normalized spacial score (nSPS) is 34.5. The molecular formula is C17H26O2S. The number of thioether (sulfide) groups is 1. The summed E-state index contributed by atoms with van der Waals surface area (Å²) in [6.45, 7) is 10.4. The second-order valence-corrected chi connectivity index (χ2v) is 9.42. The Morgan fingerprint density at radius 3 is 2.65 bits per heavy atom. The molecule has 2 rings (SSSR count). The molecule has 0 aliphatic heterocycles. The summed E-state index contributed by atoms with van der Waals surface area (Å²) in [4.78, 5) is 25.0. The maximum Gasteiger partial charge on any atom is 0.193 e. The van der Waals surface area contributed by atoms with Gasteiger partial charge >= 0.3 is 0 Å². The summed E-state index contributed by atoms with van der Waals surface area (Å²) in [6, 6.07) is 0. The highest BCUT2D eigenvalue weighted by molar-refractivity contribution is 8.14. The summed E-state index contributed by atoms with van der Waals surface area (Å²) < 4.78 is -0.0544. The molecule has 0 aromatic rings. The summed E-state index contributed by atoms with van der Waals surface area (Å²) in [6.07, 6.45) is 5.36. The number of fused-ring (bicyclic) bond motifs is 1. The fourth-order valence-electron chi connectivity index (χ4n) is 3.75. The highest BCUT2D eigenvalue weighted by atomic mass is 32.2. The van der Waals surface area contributed by atoms with Gasteiger partial charge in [-0.1, -0.05) is 51.1 Å². The van der Waals surface area contributed by atoms with Crippen LogP contribution in [0.5, 0.6) is 0 Å². The fraction of sp³-hybridized carbons (Fsp3) is 0.765. The minimum atomic E-state index is -0.310. The molecule has 3 atom stereocenters. The van der Waals surface area contributed by atoms with E-state index >= 15 is 0 Å². The van der Waals surface area contributed by atoms with Gasteiger partial charge in [0.15, 0.2) is 5.12 Å². The second kappa shape index (κ2) is 5.32. The number of ketones is 1. The third-order valence-electron chi connectivity index (χ3n) is 4.70. The summed E-state index contributed by atoms with van der Waals surface area (Å²) in [5, 5.41) is 0.273. The molecule has 0 heterocycles. The van der Waals surface area contributed by atoms with Crippen molar-refractivity contribution in [2.45, 2.75) is 65.0 Å². The summed E-state index contributed by atoms with van der Waals surface area (Å²) in [5.74, 6) is 0.592. The molecule has 1 fully saturated rings. The Morgan fingerprint density at radius 1 is 1.40 bits per heavy atom. The van der Waals surface area contributed by atoms with Gasteiger partial charge in [-0.3, -0.25) is 9.59 Å². The van der Waals surface area contributed by atoms with Crippen LogP contribution in [0.25, 0.3) is 0 Å². The van der Waals surface area contributed by atoms with E-state index in [1.807, 2.05) is 0 Å². The lowest BCUT2D eigenvalue weighted by molar-refractivity contribution is -0.127. The first-order valence-electron chi connectivity index (χ1n) is 7.55. The molecule has 20 heavy (non-hydrogen) atoms. The van der Waals surface area contributed by atoms with Crippen molar-refractivity contribution in [2.24, 2.45) is 17.3 Å². The Morgan fingerprint density at radius 2 is 2.05 bits per heavy atom. The average Bonchev–Trinajstić information content (AvgIpc) is 2.49. The second-order valence-electron chi connectivity index (χ2n) is 7.59. The predicted molar refractivity (Wildman–Crippen MR) is 84.7 cm³/mol. The van der Waals surface area contributed by atoms with Crippen molar-refractivity contribution in [1.29, 1.82) is 0 Å². The van der Waals surface area contributed by atoms with Gasteiger partial charge in [-0.2, -0.15) is 0 Å². The van der Waals surface area contributed by atoms with Crippen LogP contribution in [0.2, 0.25) is 0 Å². The predicted octanol–water partition coefficient (Wildman–Crippen LogP) is 4.39. The van der Waals surface area contributed by atoms with E-state index in [-0.39, 0.29) is 27.1 Å². The van der Waals surface area contributed by atoms with Crippen molar-refractivity contribution in [3.63, 3.8) is 0 Å². The highest BCUT2D eigenvalue weighted by Gasteiger charge is 2.51. The molecule has 0 saturated heterocycles. The number of hydrogen-bond donors (Lipinski definition) is 0. The maximum absolute atomic E-state index is 12.7. The van der Waals surface area contributed by atoms with Gasteiger partial charge in [0.1, 0.15) is 5.78 Å². The molecule has 0 bridgehead atoms. The Kier molecular flexibility index (Phi) is 4.21. The van der Waals surface area contributed by atoms with Crippen LogP contribution in [0.4, 0.5) is 0 Å². The van der Waals surface area contributed by atoms with Gasteiger partial charge in [-0.25, -0.2) is 0 Å². The van der Waals surface area contributed by atoms with Gasteiger partial charge in [-0.05, 0) is 32.1 Å². The largest absolute Gasteiger partial charge is 0.299 e. The van der Waals surface area contributed by atoms with Gasteiger partial charge in [0.2, 0.25) is 0 Å². The Bertz CT molecular complexity index is 458. The van der Waals surface area contributed by atoms with Crippen molar-refractivity contribution >= 4 is 22.7 Å². The van der Waals surface area contributed by atoms with Crippen molar-refractivity contribution in [1.82, 2.24) is 0 Å². The van der Waals surface area contributed by atoms with Crippen molar-refractivity contribution in [2.75, 3.05) is 0 Å². The number of allylic oxidation sites excluding steroid dienone is 2. The lowest BCUT2D eigenvalue weighted by atomic mass is 9.70. The number of Topliss-reactive ketones (excluding diaryl/α,β-unsaturated/α-hetero) is 1. The van der Waals surface area contributed by atoms with E-state index in [2.05, 4.69) is 40.7 Å². The molecule has 2 nitrogen and oxygen atoms in total. The van der Waals surface area contributed by atoms with E-state index in [0.717, 1.165) is 19.3 Å². The molecule has 0 aromatic carbocycles. The first-order chi connectivity index (χ1) is 9.13. The molecule has 0 spiro atoms. The average molecular weight is 294 g/mol. The quantitative estimate of drug-likeness (QED) is 0.673. The minimum absolute atomic E-state index is 0.00752. The monoisotopic (exact) mass is 294 g/mol. The van der Waals surface area contributed by atoms with Crippen molar-refractivity contribution in [3.8, 4) is 0 Å². The van der Waals surface area contributed by atoms with Crippen LogP contribution in [0.15, 0.2) is 11.6 Å². The third kappa shape index (κ3) is 3.03. The van der Waals surface area contributed by atoms with Gasteiger partial charge in [0.25, 0.3) is 0 Å². The Hall–Kier alpha value is -0.570. The molecule has 0 unspecified atom stereocenters. The van der Waals surface area contributed by atoms with E-state index in [9.17, 15) is 9.59 Å². The molecule has 2 aliphatic carbocycles. The third-order valence-corrected chi connectivity index (χ3v) is 5.82. The lowest BCUT2D eigenvalue weighted by Crippen LogP contribution is -2.35. The fourth-order valence-corrected chi connectivity index (χ4v) is 4.77. The molecule has 0 N–H and O–H groups in total. The van der Waals surface area contributed by atoms with Gasteiger partial charge in [-0.15, -0.1) is 0 Å². The molecule has 112 valence electrons. The summed E-state index contributed by atoms with van der Waals surface area (Å²) >= 11 is 1.44. The number of carbonyl (C=O) groups excluding carboxylic acids is 2. The molecule has 1 saturated carbocycles. The number of carbonyl (C=O) groups is 2. The topological polar surface area (TPSA) is 34.1 Å². The zero-order valence-electron chi connectivity index (χ0n) is 13.3. The standard InChI is InChI=1S/C17H26O2S/c1-11-6-7-12(15(19)20-16(2,3)4)13-8-9-14(18)17(13,5)10-11/h6,12-13H,7-10H2,1-5H3/t12-,13-,17-/m1/s1. The molecule has 0 amide bonds. The summed E-state index contributed by atoms with van der Waals surface area (Å²) in [5.41, 5.74) is 0.958. The van der Waals surface area contributed by atoms with Gasteiger partial charge < -0.3 is 0 Å². The van der Waals surface area contributed by atoms with Crippen LogP contribution in [0, 0.1) is 17.3 Å². The van der Waals surface area contributed by atoms with Gasteiger partial charge in [0.05, 0.1) is 0 Å². The van der Waals surface area contributed by atoms with E-state index in [4.69, 9.17) is 0 Å². The molecular weight excluding hydrogens is 268 g/mol. The number of rotatable bonds is 1. The molecule has 0 aromatic heterocycles. The van der Waals surface area contributed by atoms with E-state index in [1.54, 1.807) is 0 Å². The van der Waals surface area contributed by atoms with Crippen LogP contribution >= 0.6 is 11.8 Å². The first kappa shape index (κ1) is 15.8. The lowest BCUT2D eigenvalue weighted by Gasteiger charge is -2.33. The maximum atomic E-state index is 12.7. The molecule has 2 aliphatic rings. The molecule has 3 heteroatoms. The summed E-state index contributed by atoms with van der Waals surface area (Å²) in [7, 11) is 0. The SMILES string of the molecule is CC1=CC[C@@H](C(=O)SC(C)(C)C)[C@H]2CCC(=O)[C@]2(C)C1. The zero-order chi connectivity index (χ0) is 15.1. The molecule has 0 radical (unpaired) electrons. The number of hydrogen-bond acceptors (Lipinski definition) is 3. The van der Waals surface area contributed by atoms with Crippen molar-refractivity contribution < 1.29 is 9.59 Å². The van der Waals surface area contributed by atoms with E-state index < -0.39 is 0 Å². The Balaban J connectivity index is 2.28.